The predicted molar refractivity (Wildman–Crippen MR) is 129 cm³/mol. The minimum Gasteiger partial charge on any atom is -0.382 e. The molecule has 34 heavy (non-hydrogen) atoms. The number of nitrogens with zero attached hydrogens (tertiary/aromatic N) is 4. The lowest BCUT2D eigenvalue weighted by molar-refractivity contribution is 0.601. The summed E-state index contributed by atoms with van der Waals surface area (Å²) in [6.07, 6.45) is 2.38. The van der Waals surface area contributed by atoms with Crippen LogP contribution in [0.5, 0.6) is 0 Å². The van der Waals surface area contributed by atoms with Crippen molar-refractivity contribution in [3.63, 3.8) is 0 Å². The van der Waals surface area contributed by atoms with Crippen LogP contribution in [0, 0.1) is 17.1 Å². The summed E-state index contributed by atoms with van der Waals surface area (Å²) in [6.45, 7) is 1.81. The molecule has 0 aliphatic carbocycles. The van der Waals surface area contributed by atoms with Gasteiger partial charge in [0.05, 0.1) is 23.0 Å². The van der Waals surface area contributed by atoms with Crippen molar-refractivity contribution in [3.05, 3.63) is 77.5 Å². The average Bonchev–Trinajstić information content (AvgIpc) is 2.79. The number of sulfone groups is 1. The molecule has 2 aromatic carbocycles. The van der Waals surface area contributed by atoms with E-state index in [1.165, 1.54) is 24.5 Å². The van der Waals surface area contributed by atoms with Gasteiger partial charge in [-0.1, -0.05) is 30.3 Å². The Balaban J connectivity index is 2.00. The molecule has 2 aromatic heterocycles. The smallest absolute Gasteiger partial charge is 0.151 e. The molecule has 4 aromatic rings. The van der Waals surface area contributed by atoms with Crippen LogP contribution in [-0.4, -0.2) is 29.6 Å². The number of aromatic nitrogens is 3. The molecular formula is C24H21FN6O2S. The number of nitrogens with two attached hydrogens (primary N) is 1. The fraction of sp³-hybridized carbons (Fsp3) is 0.167. The third-order valence-electron chi connectivity index (χ3n) is 5.30. The zero-order valence-electron chi connectivity index (χ0n) is 18.4. The lowest BCUT2D eigenvalue weighted by Gasteiger charge is -2.22. The van der Waals surface area contributed by atoms with Crippen LogP contribution in [0.4, 0.5) is 16.0 Å². The quantitative estimate of drug-likeness (QED) is 0.426. The molecule has 0 saturated heterocycles. The Morgan fingerprint density at radius 2 is 1.91 bits per heavy atom. The molecule has 10 heteroatoms. The molecule has 0 amide bonds. The Labute approximate surface area is 196 Å². The van der Waals surface area contributed by atoms with E-state index in [-0.39, 0.29) is 23.0 Å². The number of benzene rings is 2. The number of nitrogen functional groups attached to an aromatic ring is 1. The summed E-state index contributed by atoms with van der Waals surface area (Å²) in [5.41, 5.74) is 8.63. The SMILES string of the molecule is CC(Nc1ncnc(N)c1C#N)c1nc2ccc(F)cc2c(CS(C)(=O)=O)c1-c1ccccc1. The van der Waals surface area contributed by atoms with Gasteiger partial charge < -0.3 is 11.1 Å². The number of hydrogen-bond acceptors (Lipinski definition) is 8. The van der Waals surface area contributed by atoms with Gasteiger partial charge in [-0.2, -0.15) is 5.26 Å². The fourth-order valence-electron chi connectivity index (χ4n) is 3.87. The monoisotopic (exact) mass is 476 g/mol. The Morgan fingerprint density at radius 3 is 2.59 bits per heavy atom. The van der Waals surface area contributed by atoms with Gasteiger partial charge in [0.2, 0.25) is 0 Å². The zero-order valence-corrected chi connectivity index (χ0v) is 19.3. The first-order valence-corrected chi connectivity index (χ1v) is 12.4. The van der Waals surface area contributed by atoms with E-state index >= 15 is 0 Å². The molecule has 2 heterocycles. The molecule has 0 radical (unpaired) electrons. The predicted octanol–water partition coefficient (Wildman–Crippen LogP) is 4.00. The summed E-state index contributed by atoms with van der Waals surface area (Å²) in [4.78, 5) is 12.8. The second-order valence-corrected chi connectivity index (χ2v) is 10.0. The Kier molecular flexibility index (Phi) is 6.13. The fourth-order valence-corrected chi connectivity index (χ4v) is 4.69. The molecule has 8 nitrogen and oxygen atoms in total. The van der Waals surface area contributed by atoms with E-state index in [0.29, 0.717) is 27.7 Å². The van der Waals surface area contributed by atoms with Crippen LogP contribution >= 0.6 is 0 Å². The number of hydrogen-bond donors (Lipinski definition) is 2. The van der Waals surface area contributed by atoms with Gasteiger partial charge >= 0.3 is 0 Å². The summed E-state index contributed by atoms with van der Waals surface area (Å²) in [6, 6.07) is 14.8. The highest BCUT2D eigenvalue weighted by atomic mass is 32.2. The van der Waals surface area contributed by atoms with E-state index in [1.807, 2.05) is 43.3 Å². The number of pyridine rings is 1. The molecular weight excluding hydrogens is 455 g/mol. The molecule has 172 valence electrons. The van der Waals surface area contributed by atoms with Crippen LogP contribution in [0.3, 0.4) is 0 Å². The summed E-state index contributed by atoms with van der Waals surface area (Å²) in [7, 11) is -3.48. The first-order valence-electron chi connectivity index (χ1n) is 10.3. The number of nitriles is 1. The summed E-state index contributed by atoms with van der Waals surface area (Å²) in [5.74, 6) is -0.525. The van der Waals surface area contributed by atoms with E-state index in [1.54, 1.807) is 0 Å². The minimum atomic E-state index is -3.48. The maximum absolute atomic E-state index is 14.2. The van der Waals surface area contributed by atoms with Crippen molar-refractivity contribution in [2.45, 2.75) is 18.7 Å². The number of nitrogens with one attached hydrogen (secondary N) is 1. The molecule has 4 rings (SSSR count). The van der Waals surface area contributed by atoms with Crippen molar-refractivity contribution < 1.29 is 12.8 Å². The third kappa shape index (κ3) is 4.65. The number of anilines is 2. The highest BCUT2D eigenvalue weighted by molar-refractivity contribution is 7.89. The number of fused-ring (bicyclic) bond motifs is 1. The Hall–Kier alpha value is -4.10. The highest BCUT2D eigenvalue weighted by Crippen LogP contribution is 2.37. The van der Waals surface area contributed by atoms with Crippen molar-refractivity contribution in [2.24, 2.45) is 0 Å². The van der Waals surface area contributed by atoms with E-state index < -0.39 is 21.7 Å². The molecule has 0 fully saturated rings. The summed E-state index contributed by atoms with van der Waals surface area (Å²) >= 11 is 0. The molecule has 0 spiro atoms. The van der Waals surface area contributed by atoms with E-state index in [4.69, 9.17) is 10.7 Å². The van der Waals surface area contributed by atoms with Gasteiger partial charge in [-0.15, -0.1) is 0 Å². The van der Waals surface area contributed by atoms with E-state index in [2.05, 4.69) is 15.3 Å². The maximum Gasteiger partial charge on any atom is 0.151 e. The van der Waals surface area contributed by atoms with Crippen molar-refractivity contribution in [1.82, 2.24) is 15.0 Å². The van der Waals surface area contributed by atoms with Crippen molar-refractivity contribution in [3.8, 4) is 17.2 Å². The van der Waals surface area contributed by atoms with E-state index in [9.17, 15) is 18.1 Å². The van der Waals surface area contributed by atoms with Crippen LogP contribution in [0.2, 0.25) is 0 Å². The minimum absolute atomic E-state index is 0.0372. The van der Waals surface area contributed by atoms with Gasteiger partial charge in [-0.05, 0) is 36.2 Å². The van der Waals surface area contributed by atoms with Gasteiger partial charge in [0.1, 0.15) is 35.4 Å². The topological polar surface area (TPSA) is 135 Å². The summed E-state index contributed by atoms with van der Waals surface area (Å²) < 4.78 is 39.0. The molecule has 0 aliphatic rings. The van der Waals surface area contributed by atoms with Crippen LogP contribution in [0.25, 0.3) is 22.0 Å². The standard InChI is InChI=1S/C24H21FN6O2S/c1-14(30-24-18(11-26)23(27)28-13-29-24)22-21(15-6-4-3-5-7-15)19(12-34(2,32)33)17-10-16(25)8-9-20(17)31-22/h3-10,13-14H,12H2,1-2H3,(H3,27,28,29,30). The van der Waals surface area contributed by atoms with Crippen LogP contribution < -0.4 is 11.1 Å². The largest absolute Gasteiger partial charge is 0.382 e. The van der Waals surface area contributed by atoms with Gasteiger partial charge in [0, 0.05) is 17.2 Å². The lowest BCUT2D eigenvalue weighted by atomic mass is 9.93. The molecule has 1 unspecified atom stereocenters. The van der Waals surface area contributed by atoms with E-state index in [0.717, 1.165) is 11.8 Å². The Bertz CT molecular complexity index is 1540. The second kappa shape index (κ2) is 9.03. The van der Waals surface area contributed by atoms with Gasteiger partial charge in [-0.25, -0.2) is 27.8 Å². The molecule has 1 atom stereocenters. The van der Waals surface area contributed by atoms with Gasteiger partial charge in [-0.3, -0.25) is 0 Å². The van der Waals surface area contributed by atoms with Crippen molar-refractivity contribution >= 4 is 32.4 Å². The van der Waals surface area contributed by atoms with Crippen LogP contribution in [0.15, 0.2) is 54.9 Å². The lowest BCUT2D eigenvalue weighted by Crippen LogP contribution is -2.15. The first-order chi connectivity index (χ1) is 16.2. The second-order valence-electron chi connectivity index (χ2n) is 7.91. The van der Waals surface area contributed by atoms with Gasteiger partial charge in [0.25, 0.3) is 0 Å². The van der Waals surface area contributed by atoms with Crippen molar-refractivity contribution in [1.29, 1.82) is 5.26 Å². The molecule has 0 saturated carbocycles. The van der Waals surface area contributed by atoms with Crippen molar-refractivity contribution in [2.75, 3.05) is 17.3 Å². The third-order valence-corrected chi connectivity index (χ3v) is 6.12. The molecule has 0 bridgehead atoms. The maximum atomic E-state index is 14.2. The van der Waals surface area contributed by atoms with Crippen LogP contribution in [-0.2, 0) is 15.6 Å². The highest BCUT2D eigenvalue weighted by Gasteiger charge is 2.24. The van der Waals surface area contributed by atoms with Crippen LogP contribution in [0.1, 0.15) is 29.8 Å². The average molecular weight is 477 g/mol. The number of rotatable bonds is 6. The normalized spacial score (nSPS) is 12.3. The number of halogens is 1. The zero-order chi connectivity index (χ0) is 24.5. The first kappa shape index (κ1) is 23.1. The Morgan fingerprint density at radius 1 is 1.18 bits per heavy atom. The molecule has 0 aliphatic heterocycles. The molecule has 3 N–H and O–H groups in total. The summed E-state index contributed by atoms with van der Waals surface area (Å²) in [5, 5.41) is 13.1. The van der Waals surface area contributed by atoms with Gasteiger partial charge in [0.15, 0.2) is 9.84 Å².